The molecule has 1 atom stereocenters. The number of carbonyl (C=O) groups excluding carboxylic acids is 3. The number of hydrogen-bond donors (Lipinski definition) is 2. The molecule has 0 fully saturated rings. The molecule has 0 bridgehead atoms. The Labute approximate surface area is 172 Å². The van der Waals surface area contributed by atoms with Gasteiger partial charge < -0.3 is 10.4 Å². The molecule has 2 rings (SSSR count). The molecule has 1 amide bonds. The van der Waals surface area contributed by atoms with E-state index >= 15 is 0 Å². The average molecular weight is 402 g/mol. The monoisotopic (exact) mass is 401 g/mol. The van der Waals surface area contributed by atoms with Crippen molar-refractivity contribution in [2.24, 2.45) is 5.92 Å². The molecule has 1 aromatic rings. The molecule has 6 nitrogen and oxygen atoms in total. The normalized spacial score (nSPS) is 17.7. The van der Waals surface area contributed by atoms with E-state index in [0.29, 0.717) is 11.1 Å². The van der Waals surface area contributed by atoms with Crippen molar-refractivity contribution in [1.82, 2.24) is 5.32 Å². The summed E-state index contributed by atoms with van der Waals surface area (Å²) in [6.45, 7) is 5.00. The molecular formula is C23H31NO5. The Kier molecular flexibility index (Phi) is 7.71. The molecule has 1 aliphatic rings. The molecule has 6 heteroatoms. The second-order valence-electron chi connectivity index (χ2n) is 8.30. The van der Waals surface area contributed by atoms with Crippen molar-refractivity contribution >= 4 is 23.4 Å². The van der Waals surface area contributed by atoms with Crippen LogP contribution in [0, 0.1) is 5.92 Å². The van der Waals surface area contributed by atoms with Crippen LogP contribution in [0.1, 0.15) is 80.8 Å². The first-order valence-electron chi connectivity index (χ1n) is 10.4. The lowest BCUT2D eigenvalue weighted by atomic mass is 9.66. The molecule has 1 aliphatic carbocycles. The van der Waals surface area contributed by atoms with Crippen LogP contribution in [0.15, 0.2) is 18.2 Å². The highest BCUT2D eigenvalue weighted by molar-refractivity contribution is 6.28. The number of aryl methyl sites for hydroxylation is 1. The number of hydrogen-bond acceptors (Lipinski definition) is 4. The van der Waals surface area contributed by atoms with E-state index in [9.17, 15) is 19.2 Å². The molecule has 1 unspecified atom stereocenters. The molecule has 0 aliphatic heterocycles. The van der Waals surface area contributed by atoms with Crippen molar-refractivity contribution in [2.45, 2.75) is 71.1 Å². The number of ketones is 2. The Morgan fingerprint density at radius 3 is 2.38 bits per heavy atom. The maximum Gasteiger partial charge on any atom is 0.322 e. The summed E-state index contributed by atoms with van der Waals surface area (Å²) in [6.07, 6.45) is 8.06. The molecule has 1 aromatic carbocycles. The van der Waals surface area contributed by atoms with Crippen LogP contribution in [0.3, 0.4) is 0 Å². The number of rotatable bonds is 10. The van der Waals surface area contributed by atoms with E-state index < -0.39 is 41.3 Å². The van der Waals surface area contributed by atoms with Crippen LogP contribution in [-0.2, 0) is 26.2 Å². The van der Waals surface area contributed by atoms with Gasteiger partial charge >= 0.3 is 5.97 Å². The Hall–Kier alpha value is -2.50. The minimum Gasteiger partial charge on any atom is -0.480 e. The Bertz CT molecular complexity index is 796. The highest BCUT2D eigenvalue weighted by atomic mass is 16.4. The first-order chi connectivity index (χ1) is 13.7. The van der Waals surface area contributed by atoms with E-state index in [4.69, 9.17) is 5.11 Å². The number of amides is 1. The number of carboxylic acids is 1. The Morgan fingerprint density at radius 1 is 1.07 bits per heavy atom. The van der Waals surface area contributed by atoms with E-state index in [1.165, 1.54) is 25.7 Å². The fourth-order valence-electron chi connectivity index (χ4n) is 3.86. The van der Waals surface area contributed by atoms with Gasteiger partial charge in [-0.15, -0.1) is 0 Å². The Balaban J connectivity index is 2.16. The SMILES string of the molecule is CCCCCCCCc1ccc2c(c1)C(C)(C)C(=O)C(C(=O)NCC(=O)O)C2=O. The maximum absolute atomic E-state index is 12.9. The predicted molar refractivity (Wildman–Crippen MR) is 110 cm³/mol. The van der Waals surface area contributed by atoms with Crippen LogP contribution in [0.25, 0.3) is 0 Å². The molecular weight excluding hydrogens is 370 g/mol. The minimum atomic E-state index is -1.50. The van der Waals surface area contributed by atoms with E-state index in [2.05, 4.69) is 12.2 Å². The second kappa shape index (κ2) is 9.81. The van der Waals surface area contributed by atoms with Crippen molar-refractivity contribution in [3.8, 4) is 0 Å². The predicted octanol–water partition coefficient (Wildman–Crippen LogP) is 3.45. The number of carboxylic acid groups (broad SMARTS) is 1. The first kappa shape index (κ1) is 22.8. The molecule has 29 heavy (non-hydrogen) atoms. The standard InChI is InChI=1S/C23H31NO5/c1-4-5-6-7-8-9-10-15-11-12-16-17(13-15)23(2,3)21(28)19(20(16)27)22(29)24-14-18(25)26/h11-13,19H,4-10,14H2,1-3H3,(H,24,29)(H,25,26). The number of benzene rings is 1. The van der Waals surface area contributed by atoms with Gasteiger partial charge in [0.1, 0.15) is 6.54 Å². The van der Waals surface area contributed by atoms with Crippen molar-refractivity contribution in [3.63, 3.8) is 0 Å². The first-order valence-corrected chi connectivity index (χ1v) is 10.4. The number of nitrogens with one attached hydrogen (secondary N) is 1. The topological polar surface area (TPSA) is 101 Å². The van der Waals surface area contributed by atoms with Crippen molar-refractivity contribution in [2.75, 3.05) is 6.54 Å². The lowest BCUT2D eigenvalue weighted by molar-refractivity contribution is -0.140. The molecule has 0 aromatic heterocycles. The molecule has 2 N–H and O–H groups in total. The highest BCUT2D eigenvalue weighted by Crippen LogP contribution is 2.37. The summed E-state index contributed by atoms with van der Waals surface area (Å²) in [7, 11) is 0. The van der Waals surface area contributed by atoms with Crippen LogP contribution in [0.4, 0.5) is 0 Å². The molecule has 0 radical (unpaired) electrons. The van der Waals surface area contributed by atoms with Crippen LogP contribution in [0.5, 0.6) is 0 Å². The lowest BCUT2D eigenvalue weighted by Crippen LogP contribution is -2.51. The molecule has 0 spiro atoms. The summed E-state index contributed by atoms with van der Waals surface area (Å²) in [5, 5.41) is 10.9. The van der Waals surface area contributed by atoms with Crippen molar-refractivity contribution in [3.05, 3.63) is 34.9 Å². The lowest BCUT2D eigenvalue weighted by Gasteiger charge is -2.34. The highest BCUT2D eigenvalue weighted by Gasteiger charge is 2.49. The number of aliphatic carboxylic acids is 1. The maximum atomic E-state index is 12.9. The number of Topliss-reactive ketones (excluding diaryl/α,β-unsaturated/α-hetero) is 2. The van der Waals surface area contributed by atoms with Gasteiger partial charge in [0.25, 0.3) is 0 Å². The minimum absolute atomic E-state index is 0.372. The number of fused-ring (bicyclic) bond motifs is 1. The van der Waals surface area contributed by atoms with Gasteiger partial charge in [-0.2, -0.15) is 0 Å². The quantitative estimate of drug-likeness (QED) is 0.462. The van der Waals surface area contributed by atoms with Gasteiger partial charge in [-0.1, -0.05) is 57.2 Å². The molecule has 0 saturated carbocycles. The van der Waals surface area contributed by atoms with Gasteiger partial charge in [-0.05, 0) is 37.8 Å². The summed E-state index contributed by atoms with van der Waals surface area (Å²) >= 11 is 0. The van der Waals surface area contributed by atoms with Crippen LogP contribution < -0.4 is 5.32 Å². The largest absolute Gasteiger partial charge is 0.480 e. The van der Waals surface area contributed by atoms with Crippen LogP contribution in [-0.4, -0.2) is 35.1 Å². The van der Waals surface area contributed by atoms with Crippen molar-refractivity contribution in [1.29, 1.82) is 0 Å². The third kappa shape index (κ3) is 5.31. The molecule has 158 valence electrons. The Morgan fingerprint density at radius 2 is 1.72 bits per heavy atom. The summed E-state index contributed by atoms with van der Waals surface area (Å²) in [4.78, 5) is 48.8. The zero-order valence-electron chi connectivity index (χ0n) is 17.5. The third-order valence-corrected chi connectivity index (χ3v) is 5.66. The van der Waals surface area contributed by atoms with Crippen molar-refractivity contribution < 1.29 is 24.3 Å². The van der Waals surface area contributed by atoms with Gasteiger partial charge in [-0.3, -0.25) is 19.2 Å². The number of carbonyl (C=O) groups is 4. The zero-order valence-corrected chi connectivity index (χ0v) is 17.5. The summed E-state index contributed by atoms with van der Waals surface area (Å²) in [5.41, 5.74) is 1.11. The molecule has 0 heterocycles. The third-order valence-electron chi connectivity index (χ3n) is 5.66. The fraction of sp³-hybridized carbons (Fsp3) is 0.565. The van der Waals surface area contributed by atoms with E-state index in [-0.39, 0.29) is 0 Å². The van der Waals surface area contributed by atoms with Gasteiger partial charge in [0.15, 0.2) is 17.5 Å². The van der Waals surface area contributed by atoms with Gasteiger partial charge in [0.2, 0.25) is 5.91 Å². The van der Waals surface area contributed by atoms with Gasteiger partial charge in [0, 0.05) is 5.56 Å². The van der Waals surface area contributed by atoms with E-state index in [1.54, 1.807) is 19.9 Å². The summed E-state index contributed by atoms with van der Waals surface area (Å²) < 4.78 is 0. The van der Waals surface area contributed by atoms with Gasteiger partial charge in [-0.25, -0.2) is 0 Å². The number of unbranched alkanes of at least 4 members (excludes halogenated alkanes) is 5. The van der Waals surface area contributed by atoms with Crippen LogP contribution in [0.2, 0.25) is 0 Å². The summed E-state index contributed by atoms with van der Waals surface area (Å²) in [5.74, 6) is -4.63. The van der Waals surface area contributed by atoms with Crippen LogP contribution >= 0.6 is 0 Å². The smallest absolute Gasteiger partial charge is 0.322 e. The van der Waals surface area contributed by atoms with E-state index in [0.717, 1.165) is 24.8 Å². The summed E-state index contributed by atoms with van der Waals surface area (Å²) in [6, 6.07) is 5.51. The second-order valence-corrected chi connectivity index (χ2v) is 8.30. The van der Waals surface area contributed by atoms with Gasteiger partial charge in [0.05, 0.1) is 5.41 Å². The fourth-order valence-corrected chi connectivity index (χ4v) is 3.86. The van der Waals surface area contributed by atoms with E-state index in [1.807, 2.05) is 12.1 Å². The zero-order chi connectivity index (χ0) is 21.6. The average Bonchev–Trinajstić information content (AvgIpc) is 2.68. The molecule has 0 saturated heterocycles.